The minimum atomic E-state index is -0.192. The number of aromatic nitrogens is 2. The van der Waals surface area contributed by atoms with Crippen LogP contribution in [0.15, 0.2) is 78.9 Å². The van der Waals surface area contributed by atoms with E-state index in [4.69, 9.17) is 4.98 Å². The van der Waals surface area contributed by atoms with Crippen molar-refractivity contribution in [1.29, 1.82) is 0 Å². The summed E-state index contributed by atoms with van der Waals surface area (Å²) >= 11 is 0. The van der Waals surface area contributed by atoms with Crippen LogP contribution in [0, 0.1) is 11.7 Å². The molecule has 0 N–H and O–H groups in total. The van der Waals surface area contributed by atoms with Crippen molar-refractivity contribution < 1.29 is 4.39 Å². The number of likely N-dealkylation sites (N-methyl/N-ethyl adjacent to an activating group) is 1. The standard InChI is InChI=1S/C30H35FN4/c1-33(22-25-7-3-2-4-8-25)19-20-34-17-15-24(16-18-34)21-30-32-28-9-5-6-10-29(28)35(30)23-26-11-13-27(31)14-12-26/h2-14,24H,15-23H2,1H3. The van der Waals surface area contributed by atoms with Gasteiger partial charge in [-0.05, 0) is 74.3 Å². The van der Waals surface area contributed by atoms with Gasteiger partial charge in [-0.1, -0.05) is 54.6 Å². The largest absolute Gasteiger partial charge is 0.323 e. The van der Waals surface area contributed by atoms with Gasteiger partial charge in [-0.2, -0.15) is 0 Å². The molecule has 1 fully saturated rings. The van der Waals surface area contributed by atoms with Crippen LogP contribution in [0.1, 0.15) is 29.8 Å². The first-order valence-corrected chi connectivity index (χ1v) is 12.8. The van der Waals surface area contributed by atoms with Crippen LogP contribution in [0.5, 0.6) is 0 Å². The van der Waals surface area contributed by atoms with Gasteiger partial charge in [0.15, 0.2) is 0 Å². The molecule has 0 atom stereocenters. The normalized spacial score (nSPS) is 15.3. The fraction of sp³-hybridized carbons (Fsp3) is 0.367. The smallest absolute Gasteiger partial charge is 0.123 e. The molecule has 5 rings (SSSR count). The molecule has 0 unspecified atom stereocenters. The minimum absolute atomic E-state index is 0.192. The Labute approximate surface area is 208 Å². The van der Waals surface area contributed by atoms with Gasteiger partial charge in [-0.3, -0.25) is 0 Å². The van der Waals surface area contributed by atoms with Crippen LogP contribution in [0.3, 0.4) is 0 Å². The molecule has 0 spiro atoms. The van der Waals surface area contributed by atoms with Crippen molar-refractivity contribution in [2.75, 3.05) is 33.2 Å². The summed E-state index contributed by atoms with van der Waals surface area (Å²) in [4.78, 5) is 10.0. The van der Waals surface area contributed by atoms with E-state index in [1.807, 2.05) is 12.1 Å². The lowest BCUT2D eigenvalue weighted by Gasteiger charge is -2.33. The van der Waals surface area contributed by atoms with Crippen molar-refractivity contribution in [2.24, 2.45) is 5.92 Å². The highest BCUT2D eigenvalue weighted by Crippen LogP contribution is 2.25. The van der Waals surface area contributed by atoms with Crippen molar-refractivity contribution in [2.45, 2.75) is 32.4 Å². The number of fused-ring (bicyclic) bond motifs is 1. The summed E-state index contributed by atoms with van der Waals surface area (Å²) in [6, 6.07) is 25.9. The Morgan fingerprint density at radius 2 is 1.60 bits per heavy atom. The lowest BCUT2D eigenvalue weighted by atomic mass is 9.93. The molecule has 0 bridgehead atoms. The van der Waals surface area contributed by atoms with E-state index >= 15 is 0 Å². The van der Waals surface area contributed by atoms with Gasteiger partial charge in [0, 0.05) is 32.6 Å². The van der Waals surface area contributed by atoms with Gasteiger partial charge in [0.2, 0.25) is 0 Å². The lowest BCUT2D eigenvalue weighted by molar-refractivity contribution is 0.161. The van der Waals surface area contributed by atoms with Gasteiger partial charge in [-0.15, -0.1) is 0 Å². The van der Waals surface area contributed by atoms with Gasteiger partial charge >= 0.3 is 0 Å². The second-order valence-corrected chi connectivity index (χ2v) is 9.94. The van der Waals surface area contributed by atoms with Gasteiger partial charge < -0.3 is 14.4 Å². The molecule has 0 saturated carbocycles. The monoisotopic (exact) mass is 470 g/mol. The third kappa shape index (κ3) is 6.16. The van der Waals surface area contributed by atoms with Crippen LogP contribution >= 0.6 is 0 Å². The summed E-state index contributed by atoms with van der Waals surface area (Å²) in [6.07, 6.45) is 3.42. The first-order chi connectivity index (χ1) is 17.1. The Morgan fingerprint density at radius 1 is 0.886 bits per heavy atom. The molecule has 0 radical (unpaired) electrons. The van der Waals surface area contributed by atoms with E-state index in [1.165, 1.54) is 18.4 Å². The average Bonchev–Trinajstić information content (AvgIpc) is 3.22. The topological polar surface area (TPSA) is 24.3 Å². The number of nitrogens with zero attached hydrogens (tertiary/aromatic N) is 4. The predicted octanol–water partition coefficient (Wildman–Crippen LogP) is 5.61. The van der Waals surface area contributed by atoms with E-state index in [-0.39, 0.29) is 5.82 Å². The molecule has 1 aliphatic heterocycles. The van der Waals surface area contributed by atoms with Crippen molar-refractivity contribution in [3.8, 4) is 0 Å². The first-order valence-electron chi connectivity index (χ1n) is 12.8. The minimum Gasteiger partial charge on any atom is -0.323 e. The molecule has 4 nitrogen and oxygen atoms in total. The number of imidazole rings is 1. The molecule has 4 aromatic rings. The molecule has 1 saturated heterocycles. The zero-order valence-electron chi connectivity index (χ0n) is 20.6. The van der Waals surface area contributed by atoms with Crippen LogP contribution in [0.4, 0.5) is 4.39 Å². The fourth-order valence-corrected chi connectivity index (χ4v) is 5.19. The van der Waals surface area contributed by atoms with Crippen molar-refractivity contribution >= 4 is 11.0 Å². The van der Waals surface area contributed by atoms with Crippen LogP contribution in [0.25, 0.3) is 11.0 Å². The third-order valence-electron chi connectivity index (χ3n) is 7.26. The highest BCUT2D eigenvalue weighted by atomic mass is 19.1. The van der Waals surface area contributed by atoms with Crippen LogP contribution in [0.2, 0.25) is 0 Å². The second kappa shape index (κ2) is 11.1. The zero-order chi connectivity index (χ0) is 24.0. The van der Waals surface area contributed by atoms with E-state index in [0.717, 1.165) is 68.1 Å². The number of likely N-dealkylation sites (tertiary alicyclic amines) is 1. The van der Waals surface area contributed by atoms with Crippen LogP contribution < -0.4 is 0 Å². The predicted molar refractivity (Wildman–Crippen MR) is 141 cm³/mol. The van der Waals surface area contributed by atoms with Gasteiger partial charge in [0.05, 0.1) is 11.0 Å². The number of halogens is 1. The highest BCUT2D eigenvalue weighted by Gasteiger charge is 2.22. The highest BCUT2D eigenvalue weighted by molar-refractivity contribution is 5.76. The maximum atomic E-state index is 13.4. The molecule has 0 aliphatic carbocycles. The SMILES string of the molecule is CN(CCN1CCC(Cc2nc3ccccc3n2Cc2ccc(F)cc2)CC1)Cc1ccccc1. The number of hydrogen-bond donors (Lipinski definition) is 0. The molecule has 182 valence electrons. The van der Waals surface area contributed by atoms with E-state index in [0.29, 0.717) is 5.92 Å². The molecule has 35 heavy (non-hydrogen) atoms. The van der Waals surface area contributed by atoms with Crippen LogP contribution in [-0.2, 0) is 19.5 Å². The fourth-order valence-electron chi connectivity index (χ4n) is 5.19. The van der Waals surface area contributed by atoms with E-state index in [9.17, 15) is 4.39 Å². The van der Waals surface area contributed by atoms with E-state index in [2.05, 4.69) is 76.0 Å². The Morgan fingerprint density at radius 3 is 2.37 bits per heavy atom. The van der Waals surface area contributed by atoms with Gasteiger partial charge in [0.25, 0.3) is 0 Å². The summed E-state index contributed by atoms with van der Waals surface area (Å²) in [7, 11) is 2.21. The average molecular weight is 471 g/mol. The Balaban J connectivity index is 1.17. The molecule has 2 heterocycles. The maximum Gasteiger partial charge on any atom is 0.123 e. The van der Waals surface area contributed by atoms with Crippen molar-refractivity contribution in [3.63, 3.8) is 0 Å². The molecular formula is C30H35FN4. The molecule has 1 aliphatic rings. The third-order valence-corrected chi connectivity index (χ3v) is 7.26. The molecule has 3 aromatic carbocycles. The Bertz CT molecular complexity index is 1210. The second-order valence-electron chi connectivity index (χ2n) is 9.94. The summed E-state index contributed by atoms with van der Waals surface area (Å²) in [5.74, 6) is 1.61. The summed E-state index contributed by atoms with van der Waals surface area (Å²) in [5, 5.41) is 0. The summed E-state index contributed by atoms with van der Waals surface area (Å²) < 4.78 is 15.7. The first kappa shape index (κ1) is 23.7. The number of hydrogen-bond acceptors (Lipinski definition) is 3. The summed E-state index contributed by atoms with van der Waals surface area (Å²) in [5.41, 5.74) is 4.68. The quantitative estimate of drug-likeness (QED) is 0.318. The number of para-hydroxylation sites is 2. The Kier molecular flexibility index (Phi) is 7.55. The molecular weight excluding hydrogens is 435 g/mol. The van der Waals surface area contributed by atoms with E-state index in [1.54, 1.807) is 12.1 Å². The summed E-state index contributed by atoms with van der Waals surface area (Å²) in [6.45, 7) is 6.25. The van der Waals surface area contributed by atoms with Crippen LogP contribution in [-0.4, -0.2) is 52.6 Å². The zero-order valence-corrected chi connectivity index (χ0v) is 20.6. The Hall–Kier alpha value is -3.02. The van der Waals surface area contributed by atoms with Gasteiger partial charge in [-0.25, -0.2) is 9.37 Å². The molecule has 5 heteroatoms. The lowest BCUT2D eigenvalue weighted by Crippen LogP contribution is -2.39. The number of rotatable bonds is 9. The molecule has 1 aromatic heterocycles. The van der Waals surface area contributed by atoms with Crippen molar-refractivity contribution in [1.82, 2.24) is 19.4 Å². The number of piperidine rings is 1. The van der Waals surface area contributed by atoms with Gasteiger partial charge in [0.1, 0.15) is 11.6 Å². The van der Waals surface area contributed by atoms with Crippen molar-refractivity contribution in [3.05, 3.63) is 102 Å². The van der Waals surface area contributed by atoms with E-state index < -0.39 is 0 Å². The number of benzene rings is 3. The molecule has 0 amide bonds. The maximum absolute atomic E-state index is 13.4.